The molecular weight excluding hydrogens is 554 g/mol. The van der Waals surface area contributed by atoms with E-state index in [1.165, 1.54) is 16.9 Å². The van der Waals surface area contributed by atoms with E-state index in [1.54, 1.807) is 27.4 Å². The number of hydrogen-bond donors (Lipinski definition) is 0. The van der Waals surface area contributed by atoms with Crippen molar-refractivity contribution < 1.29 is 9.59 Å². The van der Waals surface area contributed by atoms with Crippen LogP contribution < -0.4 is 0 Å². The quantitative estimate of drug-likeness (QED) is 0.202. The van der Waals surface area contributed by atoms with E-state index in [4.69, 9.17) is 0 Å². The molecule has 1 aliphatic heterocycles. The molecule has 43 heavy (non-hydrogen) atoms. The van der Waals surface area contributed by atoms with Crippen LogP contribution in [0.2, 0.25) is 0 Å². The summed E-state index contributed by atoms with van der Waals surface area (Å²) in [7, 11) is 0. The number of aryl methyl sites for hydroxylation is 1. The van der Waals surface area contributed by atoms with Crippen molar-refractivity contribution in [3.63, 3.8) is 0 Å². The third-order valence-electron chi connectivity index (χ3n) is 7.88. The van der Waals surface area contributed by atoms with E-state index >= 15 is 0 Å². The first-order valence-electron chi connectivity index (χ1n) is 14.4. The minimum Gasteiger partial charge on any atom is -0.336 e. The van der Waals surface area contributed by atoms with Crippen LogP contribution in [0.25, 0.3) is 11.8 Å². The van der Waals surface area contributed by atoms with Crippen LogP contribution in [-0.4, -0.2) is 49.0 Å². The molecule has 0 saturated heterocycles. The maximum Gasteiger partial charge on any atom is 0.247 e. The fourth-order valence-corrected chi connectivity index (χ4v) is 6.18. The molecule has 7 nitrogen and oxygen atoms in total. The number of benzene rings is 3. The predicted octanol–water partition coefficient (Wildman–Crippen LogP) is 5.88. The molecule has 1 aliphatic rings. The highest BCUT2D eigenvalue weighted by atomic mass is 32.1. The smallest absolute Gasteiger partial charge is 0.247 e. The van der Waals surface area contributed by atoms with Crippen LogP contribution in [0.15, 0.2) is 109 Å². The van der Waals surface area contributed by atoms with Crippen LogP contribution in [0.3, 0.4) is 0 Å². The van der Waals surface area contributed by atoms with Gasteiger partial charge >= 0.3 is 0 Å². The molecule has 0 fully saturated rings. The summed E-state index contributed by atoms with van der Waals surface area (Å²) in [5.41, 5.74) is 7.95. The largest absolute Gasteiger partial charge is 0.336 e. The van der Waals surface area contributed by atoms with Gasteiger partial charge in [0.05, 0.1) is 16.9 Å². The predicted molar refractivity (Wildman–Crippen MR) is 169 cm³/mol. The molecule has 0 saturated carbocycles. The summed E-state index contributed by atoms with van der Waals surface area (Å²) >= 11 is 1.49. The molecule has 6 rings (SSSR count). The van der Waals surface area contributed by atoms with Crippen LogP contribution in [-0.2, 0) is 35.5 Å². The first-order chi connectivity index (χ1) is 21.0. The number of carbonyl (C=O) groups excluding carboxylic acids is 2. The number of fused-ring (bicyclic) bond motifs is 1. The molecule has 5 aromatic rings. The maximum atomic E-state index is 14.4. The van der Waals surface area contributed by atoms with Crippen LogP contribution in [0.5, 0.6) is 0 Å². The Morgan fingerprint density at radius 3 is 2.44 bits per heavy atom. The second kappa shape index (κ2) is 13.0. The van der Waals surface area contributed by atoms with Crippen LogP contribution in [0, 0.1) is 6.92 Å². The van der Waals surface area contributed by atoms with Gasteiger partial charge in [-0.2, -0.15) is 5.10 Å². The van der Waals surface area contributed by atoms with Crippen molar-refractivity contribution in [1.82, 2.24) is 24.6 Å². The zero-order valence-electron chi connectivity index (χ0n) is 24.0. The summed E-state index contributed by atoms with van der Waals surface area (Å²) < 4.78 is 1.79. The average molecular weight is 588 g/mol. The minimum atomic E-state index is -0.682. The average Bonchev–Trinajstić information content (AvgIpc) is 3.74. The molecule has 0 N–H and O–H groups in total. The highest BCUT2D eigenvalue weighted by Gasteiger charge is 2.34. The summed E-state index contributed by atoms with van der Waals surface area (Å²) in [5.74, 6) is -0.252. The summed E-state index contributed by atoms with van der Waals surface area (Å²) in [5, 5.41) is 4.32. The zero-order chi connectivity index (χ0) is 29.6. The second-order valence-electron chi connectivity index (χ2n) is 10.7. The molecule has 3 aromatic carbocycles. The Balaban J connectivity index is 1.34. The van der Waals surface area contributed by atoms with Crippen molar-refractivity contribution in [2.75, 3.05) is 6.54 Å². The lowest BCUT2D eigenvalue weighted by Gasteiger charge is -2.37. The lowest BCUT2D eigenvalue weighted by molar-refractivity contribution is -0.144. The van der Waals surface area contributed by atoms with Gasteiger partial charge in [-0.25, -0.2) is 9.67 Å². The molecule has 8 heteroatoms. The number of carbonyl (C=O) groups is 2. The van der Waals surface area contributed by atoms with Gasteiger partial charge in [-0.15, -0.1) is 11.3 Å². The number of rotatable bonds is 9. The Bertz CT molecular complexity index is 1710. The van der Waals surface area contributed by atoms with E-state index in [2.05, 4.69) is 22.2 Å². The Kier molecular flexibility index (Phi) is 8.56. The Morgan fingerprint density at radius 1 is 0.953 bits per heavy atom. The third kappa shape index (κ3) is 6.65. The number of aromatic nitrogens is 3. The van der Waals surface area contributed by atoms with Gasteiger partial charge in [0.1, 0.15) is 6.04 Å². The van der Waals surface area contributed by atoms with Gasteiger partial charge < -0.3 is 9.80 Å². The van der Waals surface area contributed by atoms with Crippen LogP contribution in [0.1, 0.15) is 32.8 Å². The summed E-state index contributed by atoms with van der Waals surface area (Å²) in [6.07, 6.45) is 8.24. The van der Waals surface area contributed by atoms with Gasteiger partial charge in [0.15, 0.2) is 0 Å². The van der Waals surface area contributed by atoms with Gasteiger partial charge in [0.2, 0.25) is 11.8 Å². The van der Waals surface area contributed by atoms with Crippen molar-refractivity contribution in [2.24, 2.45) is 0 Å². The van der Waals surface area contributed by atoms with E-state index < -0.39 is 6.04 Å². The fourth-order valence-electron chi connectivity index (χ4n) is 5.49. The maximum absolute atomic E-state index is 14.4. The molecule has 0 unspecified atom stereocenters. The van der Waals surface area contributed by atoms with Crippen molar-refractivity contribution in [3.05, 3.63) is 142 Å². The van der Waals surface area contributed by atoms with Crippen molar-refractivity contribution in [2.45, 2.75) is 38.9 Å². The monoisotopic (exact) mass is 587 g/mol. The molecule has 0 bridgehead atoms. The van der Waals surface area contributed by atoms with E-state index in [0.29, 0.717) is 19.5 Å². The Labute approximate surface area is 255 Å². The molecule has 3 heterocycles. The molecule has 0 spiro atoms. The normalized spacial score (nSPS) is 13.6. The standard InChI is InChI=1S/C35H33N5O2S/c1-26-33(43-25-36-26)16-17-34(41)39(23-28-12-14-31(15-13-28)40-20-7-19-37-40)32(22-27-8-3-2-4-9-27)35(42)38-21-18-29-10-5-6-11-30(29)24-38/h2-17,19-20,25,32H,18,21-24H2,1H3/t32-/m0/s1. The fraction of sp³-hybridized carbons (Fsp3) is 0.200. The second-order valence-corrected chi connectivity index (χ2v) is 11.6. The highest BCUT2D eigenvalue weighted by Crippen LogP contribution is 2.24. The van der Waals surface area contributed by atoms with Gasteiger partial charge in [-0.3, -0.25) is 9.59 Å². The van der Waals surface area contributed by atoms with E-state index in [9.17, 15) is 9.59 Å². The number of thiazole rings is 1. The molecule has 2 amide bonds. The van der Waals surface area contributed by atoms with Gasteiger partial charge in [0.25, 0.3) is 0 Å². The van der Waals surface area contributed by atoms with Crippen molar-refractivity contribution in [1.29, 1.82) is 0 Å². The van der Waals surface area contributed by atoms with Gasteiger partial charge in [0, 0.05) is 49.4 Å². The molecule has 216 valence electrons. The van der Waals surface area contributed by atoms with Crippen LogP contribution in [0.4, 0.5) is 0 Å². The van der Waals surface area contributed by atoms with E-state index in [1.807, 2.05) is 96.9 Å². The molecule has 1 atom stereocenters. The molecule has 2 aromatic heterocycles. The summed E-state index contributed by atoms with van der Waals surface area (Å²) in [4.78, 5) is 37.4. The Morgan fingerprint density at radius 2 is 1.72 bits per heavy atom. The van der Waals surface area contributed by atoms with E-state index in [-0.39, 0.29) is 18.4 Å². The minimum absolute atomic E-state index is 0.0396. The topological polar surface area (TPSA) is 71.3 Å². The number of hydrogen-bond acceptors (Lipinski definition) is 5. The third-order valence-corrected chi connectivity index (χ3v) is 8.77. The molecule has 0 radical (unpaired) electrons. The first kappa shape index (κ1) is 28.3. The van der Waals surface area contributed by atoms with Crippen molar-refractivity contribution in [3.8, 4) is 5.69 Å². The number of nitrogens with zero attached hydrogens (tertiary/aromatic N) is 5. The zero-order valence-corrected chi connectivity index (χ0v) is 24.9. The van der Waals surface area contributed by atoms with Gasteiger partial charge in [-0.05, 0) is 59.9 Å². The number of amides is 2. The summed E-state index contributed by atoms with van der Waals surface area (Å²) in [6, 6.07) is 27.4. The van der Waals surface area contributed by atoms with Gasteiger partial charge in [-0.1, -0.05) is 66.7 Å². The Hall–Kier alpha value is -4.82. The SMILES string of the molecule is Cc1ncsc1C=CC(=O)N(Cc1ccc(-n2cccn2)cc1)[C@@H](Cc1ccccc1)C(=O)N1CCc2ccccc2C1. The lowest BCUT2D eigenvalue weighted by Crippen LogP contribution is -2.52. The van der Waals surface area contributed by atoms with Crippen molar-refractivity contribution >= 4 is 29.2 Å². The first-order valence-corrected chi connectivity index (χ1v) is 15.3. The highest BCUT2D eigenvalue weighted by molar-refractivity contribution is 7.10. The van der Waals surface area contributed by atoms with E-state index in [0.717, 1.165) is 39.4 Å². The lowest BCUT2D eigenvalue weighted by atomic mass is 9.97. The van der Waals surface area contributed by atoms with Crippen LogP contribution >= 0.6 is 11.3 Å². The molecular formula is C35H33N5O2S. The molecule has 0 aliphatic carbocycles. The summed E-state index contributed by atoms with van der Waals surface area (Å²) in [6.45, 7) is 3.38.